The molecule has 2 aromatic rings. The molecule has 0 radical (unpaired) electrons. The highest BCUT2D eigenvalue weighted by Gasteiger charge is 2.39. The molecule has 30 heavy (non-hydrogen) atoms. The zero-order chi connectivity index (χ0) is 21.7. The fourth-order valence-electron chi connectivity index (χ4n) is 3.51. The van der Waals surface area contributed by atoms with Gasteiger partial charge in [0.2, 0.25) is 5.91 Å². The standard InChI is InChI=1S/C22H25N5O3/c1-4-5-12-22(25-26-22)13-11-18(28)23-20(21(29)30)19-15(2)24-27(16(19)3)14-17-9-7-6-8-10-17/h1,6-10,20H,5,11-14H2,2-3H3,(H,23,28)(H,29,30). The van der Waals surface area contributed by atoms with Gasteiger partial charge in [-0.2, -0.15) is 15.3 Å². The summed E-state index contributed by atoms with van der Waals surface area (Å²) in [6.07, 6.45) is 6.95. The van der Waals surface area contributed by atoms with Crippen molar-refractivity contribution in [3.8, 4) is 12.3 Å². The molecular formula is C22H25N5O3. The molecule has 0 aliphatic carbocycles. The van der Waals surface area contributed by atoms with Gasteiger partial charge in [0.1, 0.15) is 0 Å². The summed E-state index contributed by atoms with van der Waals surface area (Å²) in [5.74, 6) is 1.05. The zero-order valence-electron chi connectivity index (χ0n) is 17.1. The Balaban J connectivity index is 1.69. The second-order valence-corrected chi connectivity index (χ2v) is 7.45. The number of amides is 1. The lowest BCUT2D eigenvalue weighted by Gasteiger charge is -2.16. The molecule has 156 valence electrons. The lowest BCUT2D eigenvalue weighted by molar-refractivity contribution is -0.142. The molecule has 0 bridgehead atoms. The average molecular weight is 407 g/mol. The Kier molecular flexibility index (Phi) is 6.31. The summed E-state index contributed by atoms with van der Waals surface area (Å²) < 4.78 is 1.76. The van der Waals surface area contributed by atoms with Crippen molar-refractivity contribution >= 4 is 11.9 Å². The Morgan fingerprint density at radius 3 is 2.53 bits per heavy atom. The van der Waals surface area contributed by atoms with Gasteiger partial charge in [0.25, 0.3) is 0 Å². The quantitative estimate of drug-likeness (QED) is 0.590. The first-order chi connectivity index (χ1) is 14.3. The largest absolute Gasteiger partial charge is 0.479 e. The zero-order valence-corrected chi connectivity index (χ0v) is 17.1. The molecule has 2 heterocycles. The van der Waals surface area contributed by atoms with Gasteiger partial charge in [0.15, 0.2) is 11.7 Å². The normalized spacial score (nSPS) is 14.7. The number of benzene rings is 1. The monoisotopic (exact) mass is 407 g/mol. The summed E-state index contributed by atoms with van der Waals surface area (Å²) in [7, 11) is 0. The summed E-state index contributed by atoms with van der Waals surface area (Å²) in [5, 5.41) is 24.9. The minimum absolute atomic E-state index is 0.123. The number of carboxylic acids is 1. The molecule has 1 aromatic heterocycles. The third-order valence-electron chi connectivity index (χ3n) is 5.26. The number of rotatable bonds is 10. The van der Waals surface area contributed by atoms with E-state index in [-0.39, 0.29) is 12.3 Å². The van der Waals surface area contributed by atoms with Crippen molar-refractivity contribution in [3.05, 3.63) is 52.8 Å². The van der Waals surface area contributed by atoms with Crippen molar-refractivity contribution < 1.29 is 14.7 Å². The summed E-state index contributed by atoms with van der Waals surface area (Å²) >= 11 is 0. The van der Waals surface area contributed by atoms with Crippen LogP contribution in [0.25, 0.3) is 0 Å². The van der Waals surface area contributed by atoms with E-state index in [2.05, 4.69) is 26.6 Å². The molecule has 2 N–H and O–H groups in total. The van der Waals surface area contributed by atoms with Crippen molar-refractivity contribution in [1.82, 2.24) is 15.1 Å². The van der Waals surface area contributed by atoms with Crippen LogP contribution in [-0.2, 0) is 16.1 Å². The first-order valence-electron chi connectivity index (χ1n) is 9.83. The maximum atomic E-state index is 12.5. The second kappa shape index (κ2) is 8.91. The minimum atomic E-state index is -1.17. The van der Waals surface area contributed by atoms with Crippen LogP contribution < -0.4 is 5.32 Å². The highest BCUT2D eigenvalue weighted by atomic mass is 16.4. The van der Waals surface area contributed by atoms with Crippen LogP contribution in [0, 0.1) is 26.2 Å². The number of hydrogen-bond acceptors (Lipinski definition) is 5. The van der Waals surface area contributed by atoms with Crippen LogP contribution >= 0.6 is 0 Å². The van der Waals surface area contributed by atoms with Gasteiger partial charge < -0.3 is 10.4 Å². The molecule has 0 fully saturated rings. The van der Waals surface area contributed by atoms with E-state index in [1.165, 1.54) is 0 Å². The number of aromatic nitrogens is 2. The Morgan fingerprint density at radius 2 is 1.93 bits per heavy atom. The Hall–Kier alpha value is -3.47. The molecule has 0 saturated carbocycles. The molecule has 1 amide bonds. The summed E-state index contributed by atoms with van der Waals surface area (Å²) in [6, 6.07) is 8.61. The van der Waals surface area contributed by atoms with Gasteiger partial charge in [-0.05, 0) is 19.4 Å². The summed E-state index contributed by atoms with van der Waals surface area (Å²) in [5.41, 5.74) is 2.28. The molecule has 3 rings (SSSR count). The highest BCUT2D eigenvalue weighted by Crippen LogP contribution is 2.37. The van der Waals surface area contributed by atoms with E-state index in [1.54, 1.807) is 11.6 Å². The van der Waals surface area contributed by atoms with Crippen LogP contribution in [0.5, 0.6) is 0 Å². The predicted molar refractivity (Wildman–Crippen MR) is 111 cm³/mol. The van der Waals surface area contributed by atoms with E-state index in [1.807, 2.05) is 37.3 Å². The molecular weight excluding hydrogens is 382 g/mol. The molecule has 0 spiro atoms. The third-order valence-corrected chi connectivity index (χ3v) is 5.26. The number of aliphatic carboxylic acids is 1. The van der Waals surface area contributed by atoms with Crippen LogP contribution in [0.2, 0.25) is 0 Å². The van der Waals surface area contributed by atoms with Crippen molar-refractivity contribution in [1.29, 1.82) is 0 Å². The van der Waals surface area contributed by atoms with Gasteiger partial charge in [-0.15, -0.1) is 12.3 Å². The van der Waals surface area contributed by atoms with Gasteiger partial charge in [0, 0.05) is 36.9 Å². The molecule has 1 unspecified atom stereocenters. The van der Waals surface area contributed by atoms with E-state index in [4.69, 9.17) is 6.42 Å². The Labute approximate surface area is 175 Å². The van der Waals surface area contributed by atoms with E-state index in [0.717, 1.165) is 5.56 Å². The van der Waals surface area contributed by atoms with Gasteiger partial charge in [-0.25, -0.2) is 4.79 Å². The van der Waals surface area contributed by atoms with Gasteiger partial charge in [-0.1, -0.05) is 30.3 Å². The van der Waals surface area contributed by atoms with Gasteiger partial charge in [0.05, 0.1) is 12.2 Å². The number of nitrogens with one attached hydrogen (secondary N) is 1. The first kappa shape index (κ1) is 21.2. The van der Waals surface area contributed by atoms with Crippen molar-refractivity contribution in [3.63, 3.8) is 0 Å². The molecule has 8 heteroatoms. The number of nitrogens with zero attached hydrogens (tertiary/aromatic N) is 4. The molecule has 8 nitrogen and oxygen atoms in total. The van der Waals surface area contributed by atoms with Crippen LogP contribution in [0.1, 0.15) is 54.2 Å². The average Bonchev–Trinajstić information content (AvgIpc) is 3.45. The van der Waals surface area contributed by atoms with E-state index in [9.17, 15) is 14.7 Å². The fourth-order valence-corrected chi connectivity index (χ4v) is 3.51. The van der Waals surface area contributed by atoms with Crippen LogP contribution in [0.4, 0.5) is 0 Å². The van der Waals surface area contributed by atoms with Crippen molar-refractivity contribution in [2.24, 2.45) is 10.2 Å². The fraction of sp³-hybridized carbons (Fsp3) is 0.409. The lowest BCUT2D eigenvalue weighted by atomic mass is 10.0. The number of hydrogen-bond donors (Lipinski definition) is 2. The molecule has 1 aliphatic rings. The summed E-state index contributed by atoms with van der Waals surface area (Å²) in [6.45, 7) is 4.09. The molecule has 0 saturated heterocycles. The second-order valence-electron chi connectivity index (χ2n) is 7.45. The number of aryl methyl sites for hydroxylation is 1. The number of carboxylic acid groups (broad SMARTS) is 1. The maximum Gasteiger partial charge on any atom is 0.331 e. The van der Waals surface area contributed by atoms with Crippen LogP contribution in [0.3, 0.4) is 0 Å². The summed E-state index contributed by atoms with van der Waals surface area (Å²) in [4.78, 5) is 24.4. The Morgan fingerprint density at radius 1 is 1.23 bits per heavy atom. The maximum absolute atomic E-state index is 12.5. The number of carbonyl (C=O) groups excluding carboxylic acids is 1. The van der Waals surface area contributed by atoms with Crippen LogP contribution in [-0.4, -0.2) is 32.4 Å². The number of carbonyl (C=O) groups is 2. The topological polar surface area (TPSA) is 109 Å². The predicted octanol–water partition coefficient (Wildman–Crippen LogP) is 3.15. The lowest BCUT2D eigenvalue weighted by Crippen LogP contribution is -2.35. The van der Waals surface area contributed by atoms with Crippen molar-refractivity contribution in [2.75, 3.05) is 0 Å². The molecule has 1 aliphatic heterocycles. The molecule has 1 aromatic carbocycles. The Bertz CT molecular complexity index is 998. The van der Waals surface area contributed by atoms with Crippen LogP contribution in [0.15, 0.2) is 40.6 Å². The first-order valence-corrected chi connectivity index (χ1v) is 9.83. The number of terminal acetylenes is 1. The minimum Gasteiger partial charge on any atom is -0.479 e. The third kappa shape index (κ3) is 4.92. The highest BCUT2D eigenvalue weighted by molar-refractivity contribution is 5.85. The molecule has 1 atom stereocenters. The van der Waals surface area contributed by atoms with E-state index >= 15 is 0 Å². The van der Waals surface area contributed by atoms with E-state index in [0.29, 0.717) is 42.8 Å². The smallest absolute Gasteiger partial charge is 0.331 e. The van der Waals surface area contributed by atoms with Gasteiger partial charge >= 0.3 is 5.97 Å². The van der Waals surface area contributed by atoms with Gasteiger partial charge in [-0.3, -0.25) is 9.48 Å². The van der Waals surface area contributed by atoms with E-state index < -0.39 is 17.7 Å². The SMILES string of the molecule is C#CCCC1(CCC(=O)NC(C(=O)O)c2c(C)nn(Cc3ccccc3)c2C)N=N1. The van der Waals surface area contributed by atoms with Crippen molar-refractivity contribution in [2.45, 2.75) is 57.8 Å².